The number of ether oxygens (including phenoxy) is 3. The Morgan fingerprint density at radius 3 is 2.31 bits per heavy atom. The lowest BCUT2D eigenvalue weighted by Gasteiger charge is -2.26. The molecule has 0 atom stereocenters. The molecule has 4 rings (SSSR count). The predicted octanol–water partition coefficient (Wildman–Crippen LogP) is 4.13. The van der Waals surface area contributed by atoms with E-state index in [-0.39, 0.29) is 30.3 Å². The zero-order chi connectivity index (χ0) is 24.8. The first-order valence-electron chi connectivity index (χ1n) is 11.3. The molecule has 0 spiro atoms. The average Bonchev–Trinajstić information content (AvgIpc) is 2.84. The molecule has 1 N–H and O–H groups in total. The molecule has 1 saturated heterocycles. The van der Waals surface area contributed by atoms with Crippen molar-refractivity contribution in [2.45, 2.75) is 18.7 Å². The maximum atomic E-state index is 13.2. The second-order valence-electron chi connectivity index (χ2n) is 8.25. The first-order chi connectivity index (χ1) is 16.8. The van der Waals surface area contributed by atoms with Gasteiger partial charge < -0.3 is 19.5 Å². The summed E-state index contributed by atoms with van der Waals surface area (Å²) >= 11 is 0. The zero-order valence-electron chi connectivity index (χ0n) is 19.7. The second-order valence-corrected chi connectivity index (χ2v) is 10.2. The van der Waals surface area contributed by atoms with Crippen LogP contribution in [-0.2, 0) is 19.6 Å². The first-order valence-corrected chi connectivity index (χ1v) is 12.7. The van der Waals surface area contributed by atoms with Crippen LogP contribution in [0.1, 0.15) is 11.1 Å². The van der Waals surface area contributed by atoms with Gasteiger partial charge in [0.2, 0.25) is 10.0 Å². The normalized spacial score (nSPS) is 14.3. The third-order valence-electron chi connectivity index (χ3n) is 5.37. The van der Waals surface area contributed by atoms with Gasteiger partial charge in [0.05, 0.1) is 23.8 Å². The summed E-state index contributed by atoms with van der Waals surface area (Å²) in [6.07, 6.45) is 0. The van der Waals surface area contributed by atoms with Crippen LogP contribution >= 0.6 is 0 Å². The largest absolute Gasteiger partial charge is 0.484 e. The quantitative estimate of drug-likeness (QED) is 0.504. The van der Waals surface area contributed by atoms with Crippen LogP contribution in [0.3, 0.4) is 0 Å². The van der Waals surface area contributed by atoms with Crippen LogP contribution in [0.2, 0.25) is 0 Å². The standard InChI is InChI=1S/C26H28N2O6S/c1-19-14-20(2)16-22(15-19)33-18-26(29)27-24-17-23(35(30,31)28-10-12-32-13-11-28)8-9-25(24)34-21-6-4-3-5-7-21/h3-9,14-17H,10-13,18H2,1-2H3,(H,27,29). The Balaban J connectivity index is 1.57. The Labute approximate surface area is 205 Å². The Morgan fingerprint density at radius 2 is 1.63 bits per heavy atom. The van der Waals surface area contributed by atoms with E-state index < -0.39 is 15.9 Å². The fourth-order valence-electron chi connectivity index (χ4n) is 3.76. The number of carbonyl (C=O) groups is 1. The summed E-state index contributed by atoms with van der Waals surface area (Å²) in [6, 6.07) is 19.2. The smallest absolute Gasteiger partial charge is 0.262 e. The Bertz CT molecular complexity index is 1270. The van der Waals surface area contributed by atoms with Gasteiger partial charge in [-0.1, -0.05) is 24.3 Å². The lowest BCUT2D eigenvalue weighted by atomic mass is 10.1. The van der Waals surface area contributed by atoms with Gasteiger partial charge in [-0.05, 0) is 67.4 Å². The summed E-state index contributed by atoms with van der Waals surface area (Å²) in [5.74, 6) is 1.01. The summed E-state index contributed by atoms with van der Waals surface area (Å²) in [7, 11) is -3.76. The topological polar surface area (TPSA) is 94.2 Å². The predicted molar refractivity (Wildman–Crippen MR) is 133 cm³/mol. The third kappa shape index (κ3) is 6.39. The maximum absolute atomic E-state index is 13.2. The molecule has 0 radical (unpaired) electrons. The highest BCUT2D eigenvalue weighted by Crippen LogP contribution is 2.33. The number of nitrogens with zero attached hydrogens (tertiary/aromatic N) is 1. The van der Waals surface area contributed by atoms with E-state index in [0.717, 1.165) is 11.1 Å². The maximum Gasteiger partial charge on any atom is 0.262 e. The van der Waals surface area contributed by atoms with E-state index in [1.54, 1.807) is 18.2 Å². The van der Waals surface area contributed by atoms with Gasteiger partial charge in [0.25, 0.3) is 5.91 Å². The van der Waals surface area contributed by atoms with Crippen molar-refractivity contribution < 1.29 is 27.4 Å². The number of anilines is 1. The van der Waals surface area contributed by atoms with Crippen LogP contribution in [0.25, 0.3) is 0 Å². The van der Waals surface area contributed by atoms with Gasteiger partial charge in [-0.15, -0.1) is 0 Å². The van der Waals surface area contributed by atoms with Crippen molar-refractivity contribution in [1.82, 2.24) is 4.31 Å². The van der Waals surface area contributed by atoms with Crippen molar-refractivity contribution in [1.29, 1.82) is 0 Å². The monoisotopic (exact) mass is 496 g/mol. The number of para-hydroxylation sites is 1. The molecule has 1 aliphatic heterocycles. The molecule has 9 heteroatoms. The van der Waals surface area contributed by atoms with Crippen LogP contribution in [0.15, 0.2) is 71.6 Å². The van der Waals surface area contributed by atoms with Crippen LogP contribution in [0, 0.1) is 13.8 Å². The third-order valence-corrected chi connectivity index (χ3v) is 7.26. The number of hydrogen-bond donors (Lipinski definition) is 1. The van der Waals surface area contributed by atoms with Crippen LogP contribution in [0.5, 0.6) is 17.2 Å². The minimum atomic E-state index is -3.76. The van der Waals surface area contributed by atoms with Gasteiger partial charge in [0.15, 0.2) is 12.4 Å². The molecule has 0 bridgehead atoms. The lowest BCUT2D eigenvalue weighted by molar-refractivity contribution is -0.118. The number of morpholine rings is 1. The fraction of sp³-hybridized carbons (Fsp3) is 0.269. The van der Waals surface area contributed by atoms with Gasteiger partial charge in [0, 0.05) is 13.1 Å². The Kier molecular flexibility index (Phi) is 7.70. The summed E-state index contributed by atoms with van der Waals surface area (Å²) in [5.41, 5.74) is 2.29. The number of amides is 1. The van der Waals surface area contributed by atoms with Crippen LogP contribution < -0.4 is 14.8 Å². The zero-order valence-corrected chi connectivity index (χ0v) is 20.5. The van der Waals surface area contributed by atoms with E-state index in [4.69, 9.17) is 14.2 Å². The summed E-state index contributed by atoms with van der Waals surface area (Å²) in [5, 5.41) is 2.75. The molecule has 0 aromatic heterocycles. The molecule has 3 aromatic carbocycles. The lowest BCUT2D eigenvalue weighted by Crippen LogP contribution is -2.40. The van der Waals surface area contributed by atoms with E-state index in [2.05, 4.69) is 5.32 Å². The molecule has 184 valence electrons. The molecule has 3 aromatic rings. The van der Waals surface area contributed by atoms with Crippen molar-refractivity contribution >= 4 is 21.6 Å². The summed E-state index contributed by atoms with van der Waals surface area (Å²) in [6.45, 7) is 4.89. The molecule has 0 unspecified atom stereocenters. The SMILES string of the molecule is Cc1cc(C)cc(OCC(=O)Nc2cc(S(=O)(=O)N3CCOCC3)ccc2Oc2ccccc2)c1. The van der Waals surface area contributed by atoms with E-state index in [1.165, 1.54) is 16.4 Å². The van der Waals surface area contributed by atoms with Gasteiger partial charge in [0.1, 0.15) is 11.5 Å². The number of sulfonamides is 1. The van der Waals surface area contributed by atoms with Crippen LogP contribution in [0.4, 0.5) is 5.69 Å². The van der Waals surface area contributed by atoms with E-state index in [1.807, 2.05) is 50.2 Å². The number of aryl methyl sites for hydroxylation is 2. The highest BCUT2D eigenvalue weighted by Gasteiger charge is 2.27. The fourth-order valence-corrected chi connectivity index (χ4v) is 5.19. The van der Waals surface area contributed by atoms with Crippen molar-refractivity contribution in [3.63, 3.8) is 0 Å². The number of hydrogen-bond acceptors (Lipinski definition) is 6. The molecule has 35 heavy (non-hydrogen) atoms. The van der Waals surface area contributed by atoms with E-state index in [9.17, 15) is 13.2 Å². The first kappa shape index (κ1) is 24.7. The minimum absolute atomic E-state index is 0.0605. The van der Waals surface area contributed by atoms with Gasteiger partial charge >= 0.3 is 0 Å². The second kappa shape index (κ2) is 10.9. The molecule has 8 nitrogen and oxygen atoms in total. The van der Waals surface area contributed by atoms with Gasteiger partial charge in [-0.3, -0.25) is 4.79 Å². The average molecular weight is 497 g/mol. The number of nitrogens with one attached hydrogen (secondary N) is 1. The van der Waals surface area contributed by atoms with Crippen LogP contribution in [-0.4, -0.2) is 51.5 Å². The summed E-state index contributed by atoms with van der Waals surface area (Å²) in [4.78, 5) is 12.8. The number of benzene rings is 3. The van der Waals surface area contributed by atoms with E-state index in [0.29, 0.717) is 30.5 Å². The van der Waals surface area contributed by atoms with Gasteiger partial charge in [-0.2, -0.15) is 4.31 Å². The molecule has 1 aliphatic rings. The van der Waals surface area contributed by atoms with E-state index >= 15 is 0 Å². The van der Waals surface area contributed by atoms with Crippen molar-refractivity contribution in [2.24, 2.45) is 0 Å². The molecular formula is C26H28N2O6S. The Morgan fingerprint density at radius 1 is 0.943 bits per heavy atom. The number of rotatable bonds is 8. The Hall–Kier alpha value is -3.40. The van der Waals surface area contributed by atoms with Crippen molar-refractivity contribution in [2.75, 3.05) is 38.2 Å². The molecule has 1 heterocycles. The molecule has 1 amide bonds. The molecular weight excluding hydrogens is 468 g/mol. The van der Waals surface area contributed by atoms with Gasteiger partial charge in [-0.25, -0.2) is 8.42 Å². The minimum Gasteiger partial charge on any atom is -0.484 e. The highest BCUT2D eigenvalue weighted by atomic mass is 32.2. The molecule has 1 fully saturated rings. The summed E-state index contributed by atoms with van der Waals surface area (Å²) < 4.78 is 44.6. The highest BCUT2D eigenvalue weighted by molar-refractivity contribution is 7.89. The van der Waals surface area contributed by atoms with Crippen molar-refractivity contribution in [3.05, 3.63) is 77.9 Å². The number of carbonyl (C=O) groups excluding carboxylic acids is 1. The molecule has 0 saturated carbocycles. The molecule has 0 aliphatic carbocycles. The van der Waals surface area contributed by atoms with Crippen molar-refractivity contribution in [3.8, 4) is 17.2 Å².